The molecule has 1 aliphatic carbocycles. The lowest BCUT2D eigenvalue weighted by atomic mass is 9.79. The van der Waals surface area contributed by atoms with E-state index >= 15 is 0 Å². The number of methoxy groups -OCH3 is 1. The van der Waals surface area contributed by atoms with Crippen molar-refractivity contribution in [1.82, 2.24) is 24.6 Å². The van der Waals surface area contributed by atoms with Crippen molar-refractivity contribution < 1.29 is 14.4 Å². The molecule has 4 heterocycles. The number of carbonyl (C=O) groups is 1. The van der Waals surface area contributed by atoms with Gasteiger partial charge in [-0.3, -0.25) is 14.6 Å². The number of hydrogen-bond donors (Lipinski definition) is 0. The van der Waals surface area contributed by atoms with Crippen molar-refractivity contribution >= 4 is 11.6 Å². The van der Waals surface area contributed by atoms with Crippen molar-refractivity contribution in [3.8, 4) is 5.75 Å². The molecule has 0 spiro atoms. The molecule has 1 saturated heterocycles. The summed E-state index contributed by atoms with van der Waals surface area (Å²) < 4.78 is 7.35. The molecule has 3 aromatic rings. The van der Waals surface area contributed by atoms with Crippen LogP contribution in [0.15, 0.2) is 30.6 Å². The summed E-state index contributed by atoms with van der Waals surface area (Å²) in [4.78, 5) is 27.9. The molecule has 0 N–H and O–H groups in total. The largest absolute Gasteiger partial charge is 0.493 e. The lowest BCUT2D eigenvalue weighted by Crippen LogP contribution is -2.36. The van der Waals surface area contributed by atoms with Crippen molar-refractivity contribution in [3.05, 3.63) is 53.2 Å². The summed E-state index contributed by atoms with van der Waals surface area (Å²) in [7, 11) is 1.67. The molecule has 33 heavy (non-hydrogen) atoms. The van der Waals surface area contributed by atoms with E-state index in [4.69, 9.17) is 9.57 Å². The average molecular weight is 450 g/mol. The molecule has 174 valence electrons. The van der Waals surface area contributed by atoms with Gasteiger partial charge in [0.25, 0.3) is 0 Å². The number of amides is 1. The van der Waals surface area contributed by atoms with Crippen LogP contribution in [0.2, 0.25) is 0 Å². The quantitative estimate of drug-likeness (QED) is 0.586. The summed E-state index contributed by atoms with van der Waals surface area (Å²) in [6.07, 6.45) is 9.52. The van der Waals surface area contributed by atoms with Crippen LogP contribution < -0.4 is 4.74 Å². The maximum Gasteiger partial charge on any atom is 0.249 e. The number of aromatic nitrogens is 4. The van der Waals surface area contributed by atoms with Gasteiger partial charge in [-0.1, -0.05) is 6.07 Å². The van der Waals surface area contributed by atoms with Gasteiger partial charge >= 0.3 is 0 Å². The van der Waals surface area contributed by atoms with Crippen molar-refractivity contribution in [1.29, 1.82) is 0 Å². The second kappa shape index (κ2) is 9.09. The van der Waals surface area contributed by atoms with Crippen LogP contribution in [0.3, 0.4) is 0 Å². The van der Waals surface area contributed by atoms with Gasteiger partial charge in [0.15, 0.2) is 11.4 Å². The lowest BCUT2D eigenvalue weighted by Gasteiger charge is -2.32. The maximum absolute atomic E-state index is 13.3. The molecule has 0 aromatic carbocycles. The average Bonchev–Trinajstić information content (AvgIpc) is 3.45. The minimum absolute atomic E-state index is 0.0234. The molecule has 1 saturated carbocycles. The fourth-order valence-electron chi connectivity index (χ4n) is 5.17. The van der Waals surface area contributed by atoms with Crippen LogP contribution in [0.4, 0.5) is 0 Å². The highest BCUT2D eigenvalue weighted by molar-refractivity contribution is 5.78. The molecular weight excluding hydrogens is 418 g/mol. The zero-order valence-electron chi connectivity index (χ0n) is 19.5. The second-order valence-electron chi connectivity index (χ2n) is 9.30. The molecule has 3 aromatic heterocycles. The normalized spacial score (nSPS) is 23.2. The third kappa shape index (κ3) is 4.44. The predicted octanol–water partition coefficient (Wildman–Crippen LogP) is 4.00. The Morgan fingerprint density at radius 3 is 2.73 bits per heavy atom. The number of rotatable bonds is 5. The molecule has 0 radical (unpaired) electrons. The molecule has 2 fully saturated rings. The standard InChI is InChI=1S/C25H31N5O3/c1-16-4-7-21(14-26-16)22-10-11-33-30(22)25(31)20-8-5-18(6-9-20)12-19-13-23(32-3)24-27-17(2)28-29(24)15-19/h4,7,13-15,18,20,22H,5-6,8-12H2,1-3H3/t18?,20?,22-/m0/s1. The van der Waals surface area contributed by atoms with Crippen LogP contribution in [0.5, 0.6) is 5.75 Å². The lowest BCUT2D eigenvalue weighted by molar-refractivity contribution is -0.183. The van der Waals surface area contributed by atoms with Gasteiger partial charge in [0, 0.05) is 30.4 Å². The van der Waals surface area contributed by atoms with Gasteiger partial charge in [-0.15, -0.1) is 0 Å². The summed E-state index contributed by atoms with van der Waals surface area (Å²) in [6, 6.07) is 6.09. The summed E-state index contributed by atoms with van der Waals surface area (Å²) in [5.74, 6) is 2.17. The highest BCUT2D eigenvalue weighted by atomic mass is 16.7. The molecule has 8 heteroatoms. The van der Waals surface area contributed by atoms with E-state index in [1.165, 1.54) is 5.56 Å². The predicted molar refractivity (Wildman–Crippen MR) is 123 cm³/mol. The highest BCUT2D eigenvalue weighted by Crippen LogP contribution is 2.37. The highest BCUT2D eigenvalue weighted by Gasteiger charge is 2.37. The van der Waals surface area contributed by atoms with Gasteiger partial charge in [0.05, 0.1) is 19.8 Å². The third-order valence-electron chi connectivity index (χ3n) is 6.94. The molecule has 1 aliphatic heterocycles. The Balaban J connectivity index is 1.21. The Morgan fingerprint density at radius 1 is 1.18 bits per heavy atom. The van der Waals surface area contributed by atoms with Gasteiger partial charge < -0.3 is 4.74 Å². The van der Waals surface area contributed by atoms with E-state index in [0.717, 1.165) is 67.0 Å². The minimum atomic E-state index is -0.0337. The van der Waals surface area contributed by atoms with E-state index in [2.05, 4.69) is 27.2 Å². The van der Waals surface area contributed by atoms with Crippen LogP contribution in [0.1, 0.15) is 60.8 Å². The fraction of sp³-hybridized carbons (Fsp3) is 0.520. The van der Waals surface area contributed by atoms with Gasteiger partial charge in [-0.25, -0.2) is 14.6 Å². The Labute approximate surface area is 193 Å². The van der Waals surface area contributed by atoms with E-state index in [9.17, 15) is 4.79 Å². The molecule has 0 bridgehead atoms. The Morgan fingerprint density at radius 2 is 2.00 bits per heavy atom. The molecule has 0 unspecified atom stereocenters. The number of pyridine rings is 2. The minimum Gasteiger partial charge on any atom is -0.493 e. The molecule has 5 rings (SSSR count). The van der Waals surface area contributed by atoms with Crippen LogP contribution in [0, 0.1) is 25.7 Å². The van der Waals surface area contributed by atoms with Gasteiger partial charge in [-0.2, -0.15) is 5.10 Å². The molecule has 8 nitrogen and oxygen atoms in total. The van der Waals surface area contributed by atoms with Crippen molar-refractivity contribution in [3.63, 3.8) is 0 Å². The summed E-state index contributed by atoms with van der Waals surface area (Å²) in [5.41, 5.74) is 3.96. The maximum atomic E-state index is 13.3. The van der Waals surface area contributed by atoms with Crippen LogP contribution in [-0.2, 0) is 16.1 Å². The number of nitrogens with zero attached hydrogens (tertiary/aromatic N) is 5. The van der Waals surface area contributed by atoms with Crippen molar-refractivity contribution in [2.45, 2.75) is 58.4 Å². The summed E-state index contributed by atoms with van der Waals surface area (Å²) >= 11 is 0. The first-order valence-corrected chi connectivity index (χ1v) is 11.8. The van der Waals surface area contributed by atoms with E-state index in [0.29, 0.717) is 12.5 Å². The van der Waals surface area contributed by atoms with E-state index < -0.39 is 0 Å². The number of ether oxygens (including phenoxy) is 1. The number of fused-ring (bicyclic) bond motifs is 1. The smallest absolute Gasteiger partial charge is 0.249 e. The first-order valence-electron chi connectivity index (χ1n) is 11.8. The van der Waals surface area contributed by atoms with Crippen LogP contribution in [0.25, 0.3) is 5.65 Å². The zero-order valence-corrected chi connectivity index (χ0v) is 19.5. The fourth-order valence-corrected chi connectivity index (χ4v) is 5.17. The second-order valence-corrected chi connectivity index (χ2v) is 9.30. The first kappa shape index (κ1) is 21.8. The number of hydrogen-bond acceptors (Lipinski definition) is 6. The van der Waals surface area contributed by atoms with Crippen molar-refractivity contribution in [2.24, 2.45) is 11.8 Å². The first-order chi connectivity index (χ1) is 16.0. The Bertz CT molecular complexity index is 1130. The van der Waals surface area contributed by atoms with E-state index in [1.54, 1.807) is 12.2 Å². The number of carbonyl (C=O) groups excluding carboxylic acids is 1. The van der Waals surface area contributed by atoms with Crippen LogP contribution >= 0.6 is 0 Å². The Hall–Kier alpha value is -3.00. The monoisotopic (exact) mass is 449 g/mol. The van der Waals surface area contributed by atoms with Gasteiger partial charge in [-0.05, 0) is 75.1 Å². The third-order valence-corrected chi connectivity index (χ3v) is 6.94. The molecule has 1 amide bonds. The molecular formula is C25H31N5O3. The zero-order chi connectivity index (χ0) is 22.9. The molecule has 1 atom stereocenters. The Kier molecular flexibility index (Phi) is 6.01. The van der Waals surface area contributed by atoms with E-state index in [1.807, 2.05) is 36.8 Å². The van der Waals surface area contributed by atoms with E-state index in [-0.39, 0.29) is 17.9 Å². The topological polar surface area (TPSA) is 81.8 Å². The van der Waals surface area contributed by atoms with Crippen molar-refractivity contribution in [2.75, 3.05) is 13.7 Å². The summed E-state index contributed by atoms with van der Waals surface area (Å²) in [6.45, 7) is 4.43. The SMILES string of the molecule is COc1cc(CC2CCC(C(=O)N3OCC[C@H]3c3ccc(C)nc3)CC2)cn2nc(C)nc12. The molecule has 2 aliphatic rings. The number of aryl methyl sites for hydroxylation is 2. The van der Waals surface area contributed by atoms with Crippen LogP contribution in [-0.4, -0.2) is 44.3 Å². The number of hydroxylamine groups is 2. The van der Waals surface area contributed by atoms with Gasteiger partial charge in [0.1, 0.15) is 5.82 Å². The van der Waals surface area contributed by atoms with Gasteiger partial charge in [0.2, 0.25) is 5.91 Å². The summed E-state index contributed by atoms with van der Waals surface area (Å²) in [5, 5.41) is 6.08.